The van der Waals surface area contributed by atoms with Gasteiger partial charge in [-0.1, -0.05) is 0 Å². The molecule has 0 spiro atoms. The van der Waals surface area contributed by atoms with Gasteiger partial charge in [-0.2, -0.15) is 0 Å². The molecule has 0 fully saturated rings. The summed E-state index contributed by atoms with van der Waals surface area (Å²) >= 11 is 0. The van der Waals surface area contributed by atoms with Crippen LogP contribution in [0.1, 0.15) is 10.7 Å². The monoisotopic (exact) mass is 226 g/mol. The zero-order valence-electron chi connectivity index (χ0n) is 7.65. The Bertz CT molecular complexity index is 553. The molecule has 7 heteroatoms. The van der Waals surface area contributed by atoms with Crippen molar-refractivity contribution in [2.24, 2.45) is 0 Å². The largest absolute Gasteiger partial charge is 0.474 e. The molecule has 1 aromatic heterocycles. The molecule has 0 saturated carbocycles. The number of hydrogen-bond donors (Lipinski definition) is 1. The maximum atomic E-state index is 13.2. The number of benzene rings is 1. The van der Waals surface area contributed by atoms with Crippen LogP contribution in [0.5, 0.6) is 0 Å². The predicted octanol–water partition coefficient (Wildman–Crippen LogP) is 1.71. The van der Waals surface area contributed by atoms with Crippen LogP contribution < -0.4 is 0 Å². The number of carboxylic acids is 1. The molecule has 0 atom stereocenters. The summed E-state index contributed by atoms with van der Waals surface area (Å²) in [5.74, 6) is -4.03. The first-order chi connectivity index (χ1) is 7.58. The van der Waals surface area contributed by atoms with E-state index in [-0.39, 0.29) is 11.5 Å². The van der Waals surface area contributed by atoms with Gasteiger partial charge in [-0.15, -0.1) is 10.2 Å². The maximum absolute atomic E-state index is 13.2. The van der Waals surface area contributed by atoms with Gasteiger partial charge in [0.05, 0.1) is 5.56 Å². The molecule has 0 aliphatic rings. The molecule has 0 amide bonds. The van der Waals surface area contributed by atoms with E-state index >= 15 is 0 Å². The minimum Gasteiger partial charge on any atom is -0.474 e. The van der Waals surface area contributed by atoms with Crippen molar-refractivity contribution in [2.75, 3.05) is 0 Å². The summed E-state index contributed by atoms with van der Waals surface area (Å²) in [5.41, 5.74) is -0.151. The van der Waals surface area contributed by atoms with Crippen LogP contribution >= 0.6 is 0 Å². The fourth-order valence-electron chi connectivity index (χ4n) is 1.08. The summed E-state index contributed by atoms with van der Waals surface area (Å²) in [4.78, 5) is 10.4. The lowest BCUT2D eigenvalue weighted by atomic mass is 10.2. The van der Waals surface area contributed by atoms with Gasteiger partial charge in [0, 0.05) is 6.07 Å². The molecule has 0 bridgehead atoms. The van der Waals surface area contributed by atoms with Crippen LogP contribution in [-0.4, -0.2) is 21.3 Å². The summed E-state index contributed by atoms with van der Waals surface area (Å²) in [7, 11) is 0. The number of carbonyl (C=O) groups is 1. The van der Waals surface area contributed by atoms with Gasteiger partial charge in [-0.3, -0.25) is 0 Å². The van der Waals surface area contributed by atoms with E-state index in [0.717, 1.165) is 12.1 Å². The van der Waals surface area contributed by atoms with E-state index in [1.54, 1.807) is 0 Å². The lowest BCUT2D eigenvalue weighted by molar-refractivity contribution is 0.0654. The van der Waals surface area contributed by atoms with Gasteiger partial charge in [0.2, 0.25) is 0 Å². The highest BCUT2D eigenvalue weighted by molar-refractivity contribution is 5.82. The molecule has 1 aromatic carbocycles. The summed E-state index contributed by atoms with van der Waals surface area (Å²) in [6.45, 7) is 0. The summed E-state index contributed by atoms with van der Waals surface area (Å²) in [5, 5.41) is 15.0. The number of aromatic nitrogens is 2. The fourth-order valence-corrected chi connectivity index (χ4v) is 1.08. The van der Waals surface area contributed by atoms with Crippen LogP contribution in [0.25, 0.3) is 11.5 Å². The van der Waals surface area contributed by atoms with Crippen molar-refractivity contribution in [3.05, 3.63) is 35.7 Å². The lowest BCUT2D eigenvalue weighted by Crippen LogP contribution is -1.95. The van der Waals surface area contributed by atoms with Gasteiger partial charge in [0.25, 0.3) is 5.89 Å². The number of rotatable bonds is 2. The molecule has 5 nitrogen and oxygen atoms in total. The first-order valence-corrected chi connectivity index (χ1v) is 4.10. The van der Waals surface area contributed by atoms with Crippen LogP contribution in [0, 0.1) is 11.6 Å². The first kappa shape index (κ1) is 10.2. The van der Waals surface area contributed by atoms with E-state index in [0.29, 0.717) is 6.07 Å². The molecule has 0 radical (unpaired) electrons. The smallest absolute Gasteiger partial charge is 0.393 e. The summed E-state index contributed by atoms with van der Waals surface area (Å²) in [6.07, 6.45) is 0. The van der Waals surface area contributed by atoms with Crippen molar-refractivity contribution in [1.29, 1.82) is 0 Å². The van der Waals surface area contributed by atoms with Crippen molar-refractivity contribution in [2.45, 2.75) is 0 Å². The van der Waals surface area contributed by atoms with Gasteiger partial charge < -0.3 is 9.52 Å². The SMILES string of the molecule is O=C(O)c1nnc(-c2ccc(F)cc2F)o1. The van der Waals surface area contributed by atoms with E-state index in [4.69, 9.17) is 5.11 Å². The van der Waals surface area contributed by atoms with E-state index in [1.807, 2.05) is 0 Å². The van der Waals surface area contributed by atoms with Crippen LogP contribution in [0.3, 0.4) is 0 Å². The van der Waals surface area contributed by atoms with Crippen molar-refractivity contribution < 1.29 is 23.1 Å². The Balaban J connectivity index is 2.46. The van der Waals surface area contributed by atoms with Crippen molar-refractivity contribution in [3.63, 3.8) is 0 Å². The highest BCUT2D eigenvalue weighted by Gasteiger charge is 2.17. The Morgan fingerprint density at radius 3 is 2.62 bits per heavy atom. The lowest BCUT2D eigenvalue weighted by Gasteiger charge is -1.96. The third-order valence-electron chi connectivity index (χ3n) is 1.77. The van der Waals surface area contributed by atoms with E-state index in [2.05, 4.69) is 14.6 Å². The number of carboxylic acid groups (broad SMARTS) is 1. The van der Waals surface area contributed by atoms with E-state index in [1.165, 1.54) is 0 Å². The van der Waals surface area contributed by atoms with Gasteiger partial charge in [-0.05, 0) is 12.1 Å². The second-order valence-corrected chi connectivity index (χ2v) is 2.84. The zero-order chi connectivity index (χ0) is 11.7. The van der Waals surface area contributed by atoms with Gasteiger partial charge in [0.1, 0.15) is 11.6 Å². The molecule has 0 aliphatic carbocycles. The Morgan fingerprint density at radius 1 is 1.31 bits per heavy atom. The summed E-state index contributed by atoms with van der Waals surface area (Å²) < 4.78 is 30.5. The molecule has 16 heavy (non-hydrogen) atoms. The quantitative estimate of drug-likeness (QED) is 0.843. The molecule has 1 heterocycles. The van der Waals surface area contributed by atoms with Crippen molar-refractivity contribution in [3.8, 4) is 11.5 Å². The maximum Gasteiger partial charge on any atom is 0.393 e. The van der Waals surface area contributed by atoms with Crippen LogP contribution in [0.15, 0.2) is 22.6 Å². The fraction of sp³-hybridized carbons (Fsp3) is 0. The van der Waals surface area contributed by atoms with E-state index in [9.17, 15) is 13.6 Å². The molecular weight excluding hydrogens is 222 g/mol. The summed E-state index contributed by atoms with van der Waals surface area (Å²) in [6, 6.07) is 2.73. The zero-order valence-corrected chi connectivity index (χ0v) is 7.65. The molecule has 2 rings (SSSR count). The number of nitrogens with zero attached hydrogens (tertiary/aromatic N) is 2. The van der Waals surface area contributed by atoms with Crippen LogP contribution in [0.4, 0.5) is 8.78 Å². The molecule has 82 valence electrons. The second-order valence-electron chi connectivity index (χ2n) is 2.84. The number of hydrogen-bond acceptors (Lipinski definition) is 4. The third-order valence-corrected chi connectivity index (χ3v) is 1.77. The number of halogens is 2. The average Bonchev–Trinajstić information content (AvgIpc) is 2.66. The highest BCUT2D eigenvalue weighted by atomic mass is 19.1. The Hall–Kier alpha value is -2.31. The molecule has 0 unspecified atom stereocenters. The Kier molecular flexibility index (Phi) is 2.35. The Labute approximate surface area is 87.3 Å². The molecule has 0 aliphatic heterocycles. The average molecular weight is 226 g/mol. The minimum absolute atomic E-state index is 0.151. The predicted molar refractivity (Wildman–Crippen MR) is 46.6 cm³/mol. The first-order valence-electron chi connectivity index (χ1n) is 4.10. The van der Waals surface area contributed by atoms with Crippen molar-refractivity contribution in [1.82, 2.24) is 10.2 Å². The minimum atomic E-state index is -1.42. The van der Waals surface area contributed by atoms with Gasteiger partial charge in [0.15, 0.2) is 0 Å². The van der Waals surface area contributed by atoms with E-state index < -0.39 is 23.5 Å². The van der Waals surface area contributed by atoms with Gasteiger partial charge >= 0.3 is 11.9 Å². The molecular formula is C9H4F2N2O3. The van der Waals surface area contributed by atoms with Crippen molar-refractivity contribution >= 4 is 5.97 Å². The number of aromatic carboxylic acids is 1. The Morgan fingerprint density at radius 2 is 2.06 bits per heavy atom. The normalized spacial score (nSPS) is 10.4. The topological polar surface area (TPSA) is 76.2 Å². The molecule has 1 N–H and O–H groups in total. The van der Waals surface area contributed by atoms with Crippen LogP contribution in [0.2, 0.25) is 0 Å². The molecule has 2 aromatic rings. The second kappa shape index (κ2) is 3.69. The van der Waals surface area contributed by atoms with Crippen LogP contribution in [-0.2, 0) is 0 Å². The molecule has 0 saturated heterocycles. The third kappa shape index (κ3) is 1.74. The standard InChI is InChI=1S/C9H4F2N2O3/c10-4-1-2-5(6(11)3-4)7-12-13-8(16-7)9(14)15/h1-3H,(H,14,15). The highest BCUT2D eigenvalue weighted by Crippen LogP contribution is 2.21. The van der Waals surface area contributed by atoms with Gasteiger partial charge in [-0.25, -0.2) is 13.6 Å².